The summed E-state index contributed by atoms with van der Waals surface area (Å²) < 4.78 is 54.6. The van der Waals surface area contributed by atoms with Crippen molar-refractivity contribution < 1.29 is 26.4 Å². The Kier molecular flexibility index (Phi) is 4.45. The highest BCUT2D eigenvalue weighted by molar-refractivity contribution is 7.92. The van der Waals surface area contributed by atoms with Crippen LogP contribution in [-0.4, -0.2) is 47.4 Å². The first-order valence-electron chi connectivity index (χ1n) is 6.35. The first kappa shape index (κ1) is 16.7. The third-order valence-electron chi connectivity index (χ3n) is 3.30. The minimum Gasteiger partial charge on any atom is -0.496 e. The van der Waals surface area contributed by atoms with Crippen LogP contribution in [0.2, 0.25) is 0 Å². The van der Waals surface area contributed by atoms with Crippen molar-refractivity contribution in [2.45, 2.75) is 17.4 Å². The van der Waals surface area contributed by atoms with Gasteiger partial charge >= 0.3 is 0 Å². The molecule has 0 saturated carbocycles. The van der Waals surface area contributed by atoms with Crippen LogP contribution >= 0.6 is 0 Å². The second-order valence-electron chi connectivity index (χ2n) is 4.95. The zero-order valence-electron chi connectivity index (χ0n) is 11.8. The predicted octanol–water partition coefficient (Wildman–Crippen LogP) is -0.740. The fraction of sp³-hybridized carbons (Fsp3) is 0.417. The Morgan fingerprint density at radius 2 is 2.09 bits per heavy atom. The molecule has 1 unspecified atom stereocenters. The maximum absolute atomic E-state index is 12.3. The monoisotopic (exact) mass is 348 g/mol. The summed E-state index contributed by atoms with van der Waals surface area (Å²) in [7, 11) is -5.83. The van der Waals surface area contributed by atoms with Crippen LogP contribution in [0.25, 0.3) is 0 Å². The van der Waals surface area contributed by atoms with Crippen LogP contribution in [0.5, 0.6) is 5.75 Å². The molecule has 1 aliphatic rings. The second kappa shape index (κ2) is 5.86. The van der Waals surface area contributed by atoms with Crippen LogP contribution in [0.4, 0.5) is 0 Å². The van der Waals surface area contributed by atoms with Gasteiger partial charge in [-0.05, 0) is 24.6 Å². The maximum Gasteiger partial charge on any atom is 0.252 e. The average molecular weight is 348 g/mol. The van der Waals surface area contributed by atoms with Crippen molar-refractivity contribution >= 4 is 25.8 Å². The third kappa shape index (κ3) is 3.57. The lowest BCUT2D eigenvalue weighted by atomic mass is 10.2. The summed E-state index contributed by atoms with van der Waals surface area (Å²) in [5.74, 6) is -0.937. The highest BCUT2D eigenvalue weighted by Crippen LogP contribution is 2.23. The number of benzene rings is 1. The van der Waals surface area contributed by atoms with Crippen molar-refractivity contribution in [3.05, 3.63) is 23.8 Å². The molecule has 1 saturated heterocycles. The van der Waals surface area contributed by atoms with Crippen molar-refractivity contribution in [2.75, 3.05) is 18.6 Å². The molecular formula is C12H16N2O6S2. The van der Waals surface area contributed by atoms with Gasteiger partial charge < -0.3 is 10.5 Å². The van der Waals surface area contributed by atoms with Gasteiger partial charge in [-0.15, -0.1) is 0 Å². The van der Waals surface area contributed by atoms with E-state index in [2.05, 4.69) is 4.72 Å². The van der Waals surface area contributed by atoms with Crippen LogP contribution in [0.15, 0.2) is 23.1 Å². The number of sulfone groups is 1. The lowest BCUT2D eigenvalue weighted by molar-refractivity contribution is 0.0997. The molecule has 0 spiro atoms. The second-order valence-corrected chi connectivity index (χ2v) is 8.89. The van der Waals surface area contributed by atoms with Crippen molar-refractivity contribution in [3.63, 3.8) is 0 Å². The van der Waals surface area contributed by atoms with Gasteiger partial charge in [-0.1, -0.05) is 0 Å². The Labute approximate surface area is 128 Å². The number of carbonyl (C=O) groups is 1. The number of nitrogens with one attached hydrogen (secondary N) is 1. The number of hydrogen-bond donors (Lipinski definition) is 2. The van der Waals surface area contributed by atoms with Gasteiger partial charge in [0.05, 0.1) is 29.1 Å². The molecule has 0 aromatic heterocycles. The number of carbonyl (C=O) groups excluding carboxylic acids is 1. The van der Waals surface area contributed by atoms with Gasteiger partial charge in [-0.3, -0.25) is 4.79 Å². The van der Waals surface area contributed by atoms with Crippen molar-refractivity contribution in [1.29, 1.82) is 0 Å². The molecule has 1 fully saturated rings. The minimum absolute atomic E-state index is 0.0463. The zero-order chi connectivity index (χ0) is 16.5. The molecule has 1 aliphatic heterocycles. The molecule has 1 atom stereocenters. The lowest BCUT2D eigenvalue weighted by Crippen LogP contribution is -2.35. The molecule has 8 nitrogen and oxygen atoms in total. The quantitative estimate of drug-likeness (QED) is 0.720. The molecule has 1 amide bonds. The van der Waals surface area contributed by atoms with E-state index in [-0.39, 0.29) is 34.1 Å². The number of primary amides is 1. The zero-order valence-corrected chi connectivity index (χ0v) is 13.4. The van der Waals surface area contributed by atoms with Gasteiger partial charge in [0.1, 0.15) is 5.75 Å². The molecule has 10 heteroatoms. The molecule has 1 aromatic carbocycles. The van der Waals surface area contributed by atoms with Crippen LogP contribution in [0.3, 0.4) is 0 Å². The van der Waals surface area contributed by atoms with E-state index in [0.717, 1.165) is 6.07 Å². The molecule has 1 heterocycles. The number of methoxy groups -OCH3 is 1. The number of nitrogens with two attached hydrogens (primary N) is 1. The molecule has 0 aliphatic carbocycles. The number of sulfonamides is 1. The number of rotatable bonds is 5. The summed E-state index contributed by atoms with van der Waals surface area (Å²) >= 11 is 0. The van der Waals surface area contributed by atoms with Crippen LogP contribution in [0.1, 0.15) is 16.8 Å². The standard InChI is InChI=1S/C12H16N2O6S2/c1-20-11-3-2-9(6-10(11)12(13)15)22(18,19)14-8-4-5-21(16,17)7-8/h2-3,6,8,14H,4-5,7H2,1H3,(H2,13,15). The van der Waals surface area contributed by atoms with Crippen molar-refractivity contribution in [3.8, 4) is 5.75 Å². The van der Waals surface area contributed by atoms with E-state index in [1.165, 1.54) is 19.2 Å². The Hall–Kier alpha value is -1.65. The van der Waals surface area contributed by atoms with E-state index in [9.17, 15) is 21.6 Å². The van der Waals surface area contributed by atoms with Gasteiger partial charge in [0.15, 0.2) is 9.84 Å². The first-order chi connectivity index (χ1) is 10.1. The van der Waals surface area contributed by atoms with Crippen molar-refractivity contribution in [2.24, 2.45) is 5.73 Å². The normalized spacial score (nSPS) is 20.7. The smallest absolute Gasteiger partial charge is 0.252 e. The highest BCUT2D eigenvalue weighted by atomic mass is 32.2. The molecule has 1 aromatic rings. The van der Waals surface area contributed by atoms with Crippen molar-refractivity contribution in [1.82, 2.24) is 4.72 Å². The minimum atomic E-state index is -3.95. The Morgan fingerprint density at radius 1 is 1.41 bits per heavy atom. The topological polar surface area (TPSA) is 133 Å². The third-order valence-corrected chi connectivity index (χ3v) is 6.59. The summed E-state index contributed by atoms with van der Waals surface area (Å²) in [6.45, 7) is 0. The van der Waals surface area contributed by atoms with Gasteiger partial charge in [0, 0.05) is 6.04 Å². The largest absolute Gasteiger partial charge is 0.496 e. The highest BCUT2D eigenvalue weighted by Gasteiger charge is 2.31. The number of ether oxygens (including phenoxy) is 1. The summed E-state index contributed by atoms with van der Waals surface area (Å²) in [5, 5.41) is 0. The lowest BCUT2D eigenvalue weighted by Gasteiger charge is -2.13. The molecule has 3 N–H and O–H groups in total. The van der Waals surface area contributed by atoms with E-state index in [1.54, 1.807) is 0 Å². The number of hydrogen-bond acceptors (Lipinski definition) is 6. The summed E-state index contributed by atoms with van der Waals surface area (Å²) in [4.78, 5) is 11.2. The van der Waals surface area contributed by atoms with Gasteiger partial charge in [0.25, 0.3) is 5.91 Å². The Morgan fingerprint density at radius 3 is 2.59 bits per heavy atom. The van der Waals surface area contributed by atoms with E-state index in [1.807, 2.05) is 0 Å². The van der Waals surface area contributed by atoms with E-state index in [4.69, 9.17) is 10.5 Å². The van der Waals surface area contributed by atoms with E-state index < -0.39 is 31.8 Å². The summed E-state index contributed by atoms with van der Waals surface area (Å²) in [6, 6.07) is 3.01. The van der Waals surface area contributed by atoms with Gasteiger partial charge in [0.2, 0.25) is 10.0 Å². The van der Waals surface area contributed by atoms with Gasteiger partial charge in [-0.25, -0.2) is 21.6 Å². The predicted molar refractivity (Wildman–Crippen MR) is 78.9 cm³/mol. The molecule has 0 radical (unpaired) electrons. The molecule has 122 valence electrons. The molecular weight excluding hydrogens is 332 g/mol. The Bertz CT molecular complexity index is 801. The SMILES string of the molecule is COc1ccc(S(=O)(=O)NC2CCS(=O)(=O)C2)cc1C(N)=O. The van der Waals surface area contributed by atoms with Crippen LogP contribution in [-0.2, 0) is 19.9 Å². The number of amides is 1. The van der Waals surface area contributed by atoms with E-state index >= 15 is 0 Å². The van der Waals surface area contributed by atoms with Gasteiger partial charge in [-0.2, -0.15) is 0 Å². The maximum atomic E-state index is 12.3. The molecule has 0 bridgehead atoms. The average Bonchev–Trinajstić information content (AvgIpc) is 2.76. The fourth-order valence-electron chi connectivity index (χ4n) is 2.22. The Balaban J connectivity index is 2.30. The first-order valence-corrected chi connectivity index (χ1v) is 9.66. The van der Waals surface area contributed by atoms with Crippen LogP contribution < -0.4 is 15.2 Å². The molecule has 2 rings (SSSR count). The molecule has 22 heavy (non-hydrogen) atoms. The summed E-state index contributed by atoms with van der Waals surface area (Å²) in [5.41, 5.74) is 5.12. The van der Waals surface area contributed by atoms with E-state index in [0.29, 0.717) is 0 Å². The summed E-state index contributed by atoms with van der Waals surface area (Å²) in [6.07, 6.45) is 0.223. The fourth-order valence-corrected chi connectivity index (χ4v) is 5.30. The van der Waals surface area contributed by atoms with Crippen LogP contribution in [0, 0.1) is 0 Å².